The van der Waals surface area contributed by atoms with Crippen molar-refractivity contribution in [1.29, 1.82) is 0 Å². The van der Waals surface area contributed by atoms with Gasteiger partial charge < -0.3 is 10.2 Å². The van der Waals surface area contributed by atoms with E-state index in [0.717, 1.165) is 5.56 Å². The average molecular weight is 482 g/mol. The van der Waals surface area contributed by atoms with E-state index >= 15 is 0 Å². The van der Waals surface area contributed by atoms with Crippen molar-refractivity contribution in [2.45, 2.75) is 17.7 Å². The van der Waals surface area contributed by atoms with Gasteiger partial charge in [0.05, 0.1) is 10.8 Å². The molecule has 0 aromatic heterocycles. The zero-order valence-electron chi connectivity index (χ0n) is 18.3. The van der Waals surface area contributed by atoms with E-state index in [2.05, 4.69) is 10.0 Å². The lowest BCUT2D eigenvalue weighted by atomic mass is 10.1. The molecule has 176 valence electrons. The largest absolute Gasteiger partial charge is 0.326 e. The quantitative estimate of drug-likeness (QED) is 0.516. The Balaban J connectivity index is 1.32. The number of anilines is 2. The van der Waals surface area contributed by atoms with E-state index in [4.69, 9.17) is 0 Å². The number of hydrogen-bond acceptors (Lipinski definition) is 4. The molecule has 1 aliphatic rings. The lowest BCUT2D eigenvalue weighted by Gasteiger charge is -2.16. The first-order valence-corrected chi connectivity index (χ1v) is 12.3. The molecule has 2 amide bonds. The van der Waals surface area contributed by atoms with Gasteiger partial charge in [0.1, 0.15) is 5.82 Å². The summed E-state index contributed by atoms with van der Waals surface area (Å²) in [6.45, 7) is 0.458. The minimum absolute atomic E-state index is 0.0427. The Morgan fingerprint density at radius 1 is 0.971 bits per heavy atom. The van der Waals surface area contributed by atoms with Gasteiger partial charge in [-0.05, 0) is 60.5 Å². The van der Waals surface area contributed by atoms with Crippen molar-refractivity contribution in [3.63, 3.8) is 0 Å². The Morgan fingerprint density at radius 2 is 1.65 bits per heavy atom. The second-order valence-corrected chi connectivity index (χ2v) is 9.80. The lowest BCUT2D eigenvalue weighted by Crippen LogP contribution is -2.28. The predicted octanol–water partition coefficient (Wildman–Crippen LogP) is 3.34. The van der Waals surface area contributed by atoms with Gasteiger partial charge in [-0.3, -0.25) is 9.59 Å². The van der Waals surface area contributed by atoms with Crippen LogP contribution in [0.4, 0.5) is 15.8 Å². The van der Waals surface area contributed by atoms with Gasteiger partial charge >= 0.3 is 0 Å². The van der Waals surface area contributed by atoms with E-state index in [1.807, 2.05) is 30.3 Å². The minimum Gasteiger partial charge on any atom is -0.326 e. The van der Waals surface area contributed by atoms with Crippen LogP contribution in [0.1, 0.15) is 12.0 Å². The van der Waals surface area contributed by atoms with Crippen LogP contribution in [0, 0.1) is 11.7 Å². The van der Waals surface area contributed by atoms with Crippen molar-refractivity contribution in [2.24, 2.45) is 5.92 Å². The van der Waals surface area contributed by atoms with Gasteiger partial charge in [0.2, 0.25) is 21.8 Å². The molecular weight excluding hydrogens is 457 g/mol. The summed E-state index contributed by atoms with van der Waals surface area (Å²) in [5.41, 5.74) is 2.00. The number of nitrogens with one attached hydrogen (secondary N) is 2. The highest BCUT2D eigenvalue weighted by molar-refractivity contribution is 7.89. The van der Waals surface area contributed by atoms with Crippen LogP contribution in [0.2, 0.25) is 0 Å². The molecule has 2 N–H and O–H groups in total. The van der Waals surface area contributed by atoms with E-state index < -0.39 is 21.8 Å². The molecule has 0 saturated carbocycles. The fourth-order valence-corrected chi connectivity index (χ4v) is 4.81. The van der Waals surface area contributed by atoms with Gasteiger partial charge in [0.15, 0.2) is 0 Å². The van der Waals surface area contributed by atoms with Crippen molar-refractivity contribution in [3.05, 3.63) is 90.2 Å². The van der Waals surface area contributed by atoms with E-state index in [9.17, 15) is 22.4 Å². The predicted molar refractivity (Wildman–Crippen MR) is 127 cm³/mol. The number of carbonyl (C=O) groups excluding carboxylic acids is 2. The number of rotatable bonds is 8. The molecule has 0 radical (unpaired) electrons. The van der Waals surface area contributed by atoms with Crippen LogP contribution in [0.3, 0.4) is 0 Å². The second kappa shape index (κ2) is 10.1. The zero-order valence-corrected chi connectivity index (χ0v) is 19.1. The lowest BCUT2D eigenvalue weighted by molar-refractivity contribution is -0.122. The summed E-state index contributed by atoms with van der Waals surface area (Å²) in [5.74, 6) is -1.52. The van der Waals surface area contributed by atoms with Crippen LogP contribution in [-0.2, 0) is 26.0 Å². The minimum atomic E-state index is -3.68. The first-order chi connectivity index (χ1) is 16.3. The molecule has 1 aliphatic heterocycles. The van der Waals surface area contributed by atoms with Crippen molar-refractivity contribution in [3.8, 4) is 0 Å². The van der Waals surface area contributed by atoms with E-state index in [1.165, 1.54) is 53.4 Å². The number of benzene rings is 3. The molecule has 3 aromatic carbocycles. The molecule has 0 bridgehead atoms. The van der Waals surface area contributed by atoms with Crippen LogP contribution in [-0.4, -0.2) is 33.3 Å². The van der Waals surface area contributed by atoms with Crippen LogP contribution in [0.5, 0.6) is 0 Å². The first-order valence-electron chi connectivity index (χ1n) is 10.8. The molecule has 9 heteroatoms. The number of amides is 2. The monoisotopic (exact) mass is 481 g/mol. The molecule has 34 heavy (non-hydrogen) atoms. The third kappa shape index (κ3) is 5.67. The van der Waals surface area contributed by atoms with Crippen molar-refractivity contribution >= 4 is 33.2 Å². The van der Waals surface area contributed by atoms with Crippen molar-refractivity contribution in [1.82, 2.24) is 4.72 Å². The maximum absolute atomic E-state index is 13.1. The van der Waals surface area contributed by atoms with Gasteiger partial charge in [0, 0.05) is 30.9 Å². The summed E-state index contributed by atoms with van der Waals surface area (Å²) >= 11 is 0. The normalized spacial score (nSPS) is 16.0. The van der Waals surface area contributed by atoms with Gasteiger partial charge in [-0.15, -0.1) is 0 Å². The SMILES string of the molecule is O=C(Nc1ccc(S(=O)(=O)NCCc2ccccc2)cc1)[C@@H]1CC(=O)N(c2ccc(F)cc2)C1. The van der Waals surface area contributed by atoms with Crippen LogP contribution < -0.4 is 14.9 Å². The molecular formula is C25H24FN3O4S. The number of halogens is 1. The highest BCUT2D eigenvalue weighted by Gasteiger charge is 2.35. The summed E-state index contributed by atoms with van der Waals surface area (Å²) < 4.78 is 40.8. The number of hydrogen-bond donors (Lipinski definition) is 2. The van der Waals surface area contributed by atoms with Crippen LogP contribution in [0.25, 0.3) is 0 Å². The fraction of sp³-hybridized carbons (Fsp3) is 0.200. The summed E-state index contributed by atoms with van der Waals surface area (Å²) in [6, 6.07) is 21.0. The van der Waals surface area contributed by atoms with E-state index in [1.54, 1.807) is 0 Å². The highest BCUT2D eigenvalue weighted by Crippen LogP contribution is 2.26. The molecule has 1 saturated heterocycles. The molecule has 3 aromatic rings. The first kappa shape index (κ1) is 23.6. The van der Waals surface area contributed by atoms with Gasteiger partial charge in [-0.25, -0.2) is 17.5 Å². The molecule has 0 aliphatic carbocycles. The third-order valence-electron chi connectivity index (χ3n) is 5.61. The summed E-state index contributed by atoms with van der Waals surface area (Å²) in [5, 5.41) is 2.74. The number of nitrogens with zero attached hydrogens (tertiary/aromatic N) is 1. The third-order valence-corrected chi connectivity index (χ3v) is 7.09. The molecule has 1 fully saturated rings. The van der Waals surface area contributed by atoms with Gasteiger partial charge in [-0.2, -0.15) is 0 Å². The molecule has 7 nitrogen and oxygen atoms in total. The zero-order chi connectivity index (χ0) is 24.1. The number of carbonyl (C=O) groups is 2. The maximum Gasteiger partial charge on any atom is 0.240 e. The summed E-state index contributed by atoms with van der Waals surface area (Å²) in [6.07, 6.45) is 0.615. The Hall–Kier alpha value is -3.56. The molecule has 0 unspecified atom stereocenters. The molecule has 4 rings (SSSR count). The van der Waals surface area contributed by atoms with Gasteiger partial charge in [-0.1, -0.05) is 30.3 Å². The Kier molecular flexibility index (Phi) is 7.04. The fourth-order valence-electron chi connectivity index (χ4n) is 3.77. The smallest absolute Gasteiger partial charge is 0.240 e. The Bertz CT molecular complexity index is 1260. The Morgan fingerprint density at radius 3 is 2.32 bits per heavy atom. The van der Waals surface area contributed by atoms with Crippen LogP contribution >= 0.6 is 0 Å². The molecule has 0 spiro atoms. The molecule has 1 atom stereocenters. The van der Waals surface area contributed by atoms with E-state index in [-0.39, 0.29) is 36.2 Å². The average Bonchev–Trinajstić information content (AvgIpc) is 3.22. The van der Waals surface area contributed by atoms with E-state index in [0.29, 0.717) is 17.8 Å². The topological polar surface area (TPSA) is 95.6 Å². The second-order valence-electron chi connectivity index (χ2n) is 8.03. The van der Waals surface area contributed by atoms with Gasteiger partial charge in [0.25, 0.3) is 0 Å². The van der Waals surface area contributed by atoms with Crippen molar-refractivity contribution in [2.75, 3.05) is 23.3 Å². The maximum atomic E-state index is 13.1. The standard InChI is InChI=1S/C25H24FN3O4S/c26-20-6-10-22(11-7-20)29-17-19(16-24(29)30)25(31)28-21-8-12-23(13-9-21)34(32,33)27-15-14-18-4-2-1-3-5-18/h1-13,19,27H,14-17H2,(H,28,31)/t19-/m1/s1. The highest BCUT2D eigenvalue weighted by atomic mass is 32.2. The Labute approximate surface area is 197 Å². The molecule has 1 heterocycles. The van der Waals surface area contributed by atoms with Crippen molar-refractivity contribution < 1.29 is 22.4 Å². The summed E-state index contributed by atoms with van der Waals surface area (Å²) in [4.78, 5) is 26.6. The summed E-state index contributed by atoms with van der Waals surface area (Å²) in [7, 11) is -3.68. The number of sulfonamides is 1. The van der Waals surface area contributed by atoms with Crippen LogP contribution in [0.15, 0.2) is 83.8 Å².